The maximum absolute atomic E-state index is 5.58. The number of hydrogen-bond acceptors (Lipinski definition) is 8. The average molecular weight is 437 g/mol. The van der Waals surface area contributed by atoms with Crippen molar-refractivity contribution in [3.63, 3.8) is 0 Å². The van der Waals surface area contributed by atoms with E-state index in [9.17, 15) is 0 Å². The number of hydrogen-bond donors (Lipinski definition) is 4. The van der Waals surface area contributed by atoms with Crippen LogP contribution < -0.4 is 22.9 Å². The van der Waals surface area contributed by atoms with Crippen LogP contribution >= 0.6 is 0 Å². The summed E-state index contributed by atoms with van der Waals surface area (Å²) < 4.78 is 22.3. The molecule has 0 atom stereocenters. The van der Waals surface area contributed by atoms with E-state index in [1.165, 1.54) is 0 Å². The van der Waals surface area contributed by atoms with Gasteiger partial charge in [0, 0.05) is 26.2 Å². The zero-order valence-electron chi connectivity index (χ0n) is 12.9. The van der Waals surface area contributed by atoms with E-state index in [0.29, 0.717) is 79.0 Å². The Morgan fingerprint density at radius 3 is 0.690 bits per heavy atom. The van der Waals surface area contributed by atoms with Gasteiger partial charge in [0.05, 0.1) is 58.3 Å². The van der Waals surface area contributed by atoms with Crippen molar-refractivity contribution in [1.29, 1.82) is 0 Å². The lowest BCUT2D eigenvalue weighted by Gasteiger charge is -2.33. The summed E-state index contributed by atoms with van der Waals surface area (Å²) in [6, 6.07) is 0. The Kier molecular flexibility index (Phi) is 82.0. The van der Waals surface area contributed by atoms with Crippen LogP contribution in [0.4, 0.5) is 0 Å². The zero-order valence-corrected chi connectivity index (χ0v) is 12.9. The summed E-state index contributed by atoms with van der Waals surface area (Å²) in [7, 11) is 0. The van der Waals surface area contributed by atoms with E-state index in [4.69, 9.17) is 41.9 Å². The minimum absolute atomic E-state index is 0. The quantitative estimate of drug-likeness (QED) is 0.271. The molecule has 0 aliphatic heterocycles. The molecule has 0 amide bonds. The molecule has 0 spiro atoms. The molecule has 0 unspecified atom stereocenters. The van der Waals surface area contributed by atoms with Gasteiger partial charge < -0.3 is 41.9 Å². The molecule has 0 aromatic rings. The molecule has 0 rings (SSSR count). The third-order valence-corrected chi connectivity index (χ3v) is 2.68. The molecule has 0 radical (unpaired) electrons. The fourth-order valence-corrected chi connectivity index (χ4v) is 1.74. The van der Waals surface area contributed by atoms with Crippen molar-refractivity contribution in [3.05, 3.63) is 0 Å². The van der Waals surface area contributed by atoms with Gasteiger partial charge >= 0.3 is 0 Å². The van der Waals surface area contributed by atoms with Gasteiger partial charge in [-0.15, -0.1) is 0 Å². The minimum atomic E-state index is -0.408. The van der Waals surface area contributed by atoms with E-state index < -0.39 is 5.41 Å². The second kappa shape index (κ2) is 41.9. The van der Waals surface area contributed by atoms with Crippen LogP contribution in [-0.4, -0.2) is 79.0 Å². The van der Waals surface area contributed by atoms with Gasteiger partial charge in [0.25, 0.3) is 0 Å². The zero-order chi connectivity index (χ0) is 15.8. The van der Waals surface area contributed by atoms with Gasteiger partial charge in [-0.25, -0.2) is 0 Å². The molecule has 0 aliphatic rings. The van der Waals surface area contributed by atoms with Crippen LogP contribution in [0.1, 0.15) is 59.4 Å². The summed E-state index contributed by atoms with van der Waals surface area (Å²) in [5.74, 6) is 0. The van der Waals surface area contributed by atoms with Crippen molar-refractivity contribution < 1.29 is 18.9 Å². The van der Waals surface area contributed by atoms with E-state index in [1.54, 1.807) is 0 Å². The predicted molar refractivity (Wildman–Crippen MR) is 136 cm³/mol. The summed E-state index contributed by atoms with van der Waals surface area (Å²) in [6.07, 6.45) is 0. The number of nitrogens with two attached hydrogens (primary N) is 4. The van der Waals surface area contributed by atoms with E-state index in [0.717, 1.165) is 0 Å². The molecule has 192 valence electrons. The lowest BCUT2D eigenvalue weighted by Crippen LogP contribution is -2.43. The van der Waals surface area contributed by atoms with Crippen molar-refractivity contribution in [3.8, 4) is 0 Å². The van der Waals surface area contributed by atoms with Gasteiger partial charge in [-0.1, -0.05) is 59.4 Å². The highest BCUT2D eigenvalue weighted by molar-refractivity contribution is 4.79. The van der Waals surface area contributed by atoms with Crippen LogP contribution in [0.5, 0.6) is 0 Å². The van der Waals surface area contributed by atoms with Crippen molar-refractivity contribution in [1.82, 2.24) is 0 Å². The van der Waals surface area contributed by atoms with Crippen molar-refractivity contribution in [2.75, 3.05) is 79.0 Å². The first-order valence-corrected chi connectivity index (χ1v) is 7.36. The summed E-state index contributed by atoms with van der Waals surface area (Å²) in [5, 5.41) is 0. The fourth-order valence-electron chi connectivity index (χ4n) is 1.74. The van der Waals surface area contributed by atoms with E-state index in [1.807, 2.05) is 0 Å². The first-order chi connectivity index (χ1) is 10.2. The van der Waals surface area contributed by atoms with Crippen LogP contribution in [-0.2, 0) is 18.9 Å². The van der Waals surface area contributed by atoms with Crippen molar-refractivity contribution >= 4 is 0 Å². The topological polar surface area (TPSA) is 141 Å². The molecule has 0 saturated heterocycles. The predicted octanol–water partition coefficient (Wildman–Crippen LogP) is 2.96. The van der Waals surface area contributed by atoms with Gasteiger partial charge in [-0.05, 0) is 0 Å². The van der Waals surface area contributed by atoms with E-state index >= 15 is 0 Å². The molecule has 0 saturated carbocycles. The Bertz CT molecular complexity index is 181. The SMILES string of the molecule is C.C.C.C.C.C.C.C.NCCOCC(COCCN)(COCCN)COCCN. The van der Waals surface area contributed by atoms with Crippen LogP contribution in [0.2, 0.25) is 0 Å². The Balaban J connectivity index is -0.0000000714. The highest BCUT2D eigenvalue weighted by Crippen LogP contribution is 2.20. The molecule has 0 aliphatic carbocycles. The summed E-state index contributed by atoms with van der Waals surface area (Å²) in [6.45, 7) is 5.51. The van der Waals surface area contributed by atoms with Crippen LogP contribution in [0, 0.1) is 5.41 Å². The monoisotopic (exact) mass is 436 g/mol. The molecule has 8 N–H and O–H groups in total. The molecule has 0 bridgehead atoms. The highest BCUT2D eigenvalue weighted by Gasteiger charge is 2.32. The van der Waals surface area contributed by atoms with Crippen LogP contribution in [0.3, 0.4) is 0 Å². The van der Waals surface area contributed by atoms with Crippen LogP contribution in [0.25, 0.3) is 0 Å². The number of ether oxygens (including phenoxy) is 4. The van der Waals surface area contributed by atoms with Crippen molar-refractivity contribution in [2.45, 2.75) is 59.4 Å². The molecule has 8 heteroatoms. The summed E-state index contributed by atoms with van der Waals surface area (Å²) in [5.41, 5.74) is 21.4. The maximum atomic E-state index is 5.58. The van der Waals surface area contributed by atoms with Gasteiger partial charge in [-0.3, -0.25) is 0 Å². The summed E-state index contributed by atoms with van der Waals surface area (Å²) in [4.78, 5) is 0. The van der Waals surface area contributed by atoms with Gasteiger partial charge in [0.15, 0.2) is 0 Å². The van der Waals surface area contributed by atoms with Gasteiger partial charge in [0.1, 0.15) is 0 Å². The second-order valence-electron chi connectivity index (χ2n) is 4.87. The first kappa shape index (κ1) is 56.7. The molecular formula is C21H64N4O4. The highest BCUT2D eigenvalue weighted by atomic mass is 16.5. The minimum Gasteiger partial charge on any atom is -0.379 e. The Morgan fingerprint density at radius 1 is 0.379 bits per heavy atom. The smallest absolute Gasteiger partial charge is 0.0637 e. The Hall–Kier alpha value is -0.320. The lowest BCUT2D eigenvalue weighted by molar-refractivity contribution is -0.103. The van der Waals surface area contributed by atoms with Gasteiger partial charge in [-0.2, -0.15) is 0 Å². The standard InChI is InChI=1S/C13H32N4O4.8CH4/c14-1-5-18-9-13(10-19-6-2-15,11-20-7-3-16)12-21-8-4-17;;;;;;;;/h1-12,14-17H2;8*1H4. The Labute approximate surface area is 186 Å². The normalized spacial score (nSPS) is 8.69. The van der Waals surface area contributed by atoms with Crippen LogP contribution in [0.15, 0.2) is 0 Å². The summed E-state index contributed by atoms with van der Waals surface area (Å²) >= 11 is 0. The molecule has 8 nitrogen and oxygen atoms in total. The fraction of sp³-hybridized carbons (Fsp3) is 1.00. The van der Waals surface area contributed by atoms with E-state index in [2.05, 4.69) is 0 Å². The molecule has 29 heavy (non-hydrogen) atoms. The Morgan fingerprint density at radius 2 is 0.552 bits per heavy atom. The molecule has 0 aromatic heterocycles. The second-order valence-corrected chi connectivity index (χ2v) is 4.87. The molecule has 0 aromatic carbocycles. The third kappa shape index (κ3) is 32.6. The van der Waals surface area contributed by atoms with E-state index in [-0.39, 0.29) is 59.4 Å². The van der Waals surface area contributed by atoms with Gasteiger partial charge in [0.2, 0.25) is 0 Å². The van der Waals surface area contributed by atoms with Crippen molar-refractivity contribution in [2.24, 2.45) is 28.3 Å². The largest absolute Gasteiger partial charge is 0.379 e. The lowest BCUT2D eigenvalue weighted by atomic mass is 9.92. The third-order valence-electron chi connectivity index (χ3n) is 2.68. The number of rotatable bonds is 16. The molecule has 0 heterocycles. The molecule has 0 fully saturated rings. The first-order valence-electron chi connectivity index (χ1n) is 7.36. The average Bonchev–Trinajstić information content (AvgIpc) is 2.48. The molecular weight excluding hydrogens is 372 g/mol. The maximum Gasteiger partial charge on any atom is 0.0637 e.